The molecule has 1 amide bonds. The Hall–Kier alpha value is -0.280. The van der Waals surface area contributed by atoms with Crippen molar-refractivity contribution in [2.24, 2.45) is 16.7 Å². The number of nitrogens with one attached hydrogen (secondary N) is 2. The summed E-state index contributed by atoms with van der Waals surface area (Å²) in [5, 5.41) is 6.42. The van der Waals surface area contributed by atoms with Gasteiger partial charge in [-0.25, -0.2) is 0 Å². The van der Waals surface area contributed by atoms with Gasteiger partial charge in [-0.3, -0.25) is 4.79 Å². The molecule has 1 saturated carbocycles. The Morgan fingerprint density at radius 2 is 1.81 bits per heavy atom. The van der Waals surface area contributed by atoms with Gasteiger partial charge in [-0.1, -0.05) is 27.7 Å². The van der Waals surface area contributed by atoms with E-state index in [0.29, 0.717) is 6.04 Å². The van der Waals surface area contributed by atoms with Crippen LogP contribution in [0.2, 0.25) is 0 Å². The Morgan fingerprint density at radius 3 is 2.19 bits per heavy atom. The second-order valence-corrected chi connectivity index (χ2v) is 6.07. The Balaban J connectivity index is 0.00000128. The summed E-state index contributed by atoms with van der Waals surface area (Å²) in [6, 6.07) is 0.345. The summed E-state index contributed by atoms with van der Waals surface area (Å²) in [5.41, 5.74) is 0.489. The summed E-state index contributed by atoms with van der Waals surface area (Å²) < 4.78 is 0. The van der Waals surface area contributed by atoms with Crippen molar-refractivity contribution in [3.8, 4) is 0 Å². The van der Waals surface area contributed by atoms with Crippen molar-refractivity contribution in [3.63, 3.8) is 0 Å². The van der Waals surface area contributed by atoms with Crippen molar-refractivity contribution in [2.45, 2.75) is 40.2 Å². The zero-order valence-electron chi connectivity index (χ0n) is 10.6. The minimum Gasteiger partial charge on any atom is -0.352 e. The summed E-state index contributed by atoms with van der Waals surface area (Å²) in [7, 11) is 0. The first-order valence-electron chi connectivity index (χ1n) is 5.88. The molecule has 0 bridgehead atoms. The van der Waals surface area contributed by atoms with Crippen molar-refractivity contribution in [1.82, 2.24) is 10.6 Å². The molecule has 0 radical (unpaired) electrons. The van der Waals surface area contributed by atoms with Gasteiger partial charge in [0.15, 0.2) is 0 Å². The Labute approximate surface area is 104 Å². The van der Waals surface area contributed by atoms with Gasteiger partial charge in [0.25, 0.3) is 0 Å². The largest absolute Gasteiger partial charge is 0.352 e. The molecule has 2 N–H and O–H groups in total. The third-order valence-electron chi connectivity index (χ3n) is 4.74. The molecule has 0 aromatic carbocycles. The van der Waals surface area contributed by atoms with Gasteiger partial charge in [0.05, 0.1) is 5.92 Å². The molecule has 1 aliphatic heterocycles. The molecule has 94 valence electrons. The molecule has 4 heteroatoms. The van der Waals surface area contributed by atoms with Gasteiger partial charge in [-0.2, -0.15) is 0 Å². The fourth-order valence-electron chi connectivity index (χ4n) is 2.70. The Morgan fingerprint density at radius 1 is 1.25 bits per heavy atom. The van der Waals surface area contributed by atoms with E-state index in [1.165, 1.54) is 0 Å². The number of hydrogen-bond acceptors (Lipinski definition) is 2. The van der Waals surface area contributed by atoms with Crippen molar-refractivity contribution in [3.05, 3.63) is 0 Å². The molecule has 2 rings (SSSR count). The monoisotopic (exact) mass is 246 g/mol. The van der Waals surface area contributed by atoms with E-state index < -0.39 is 0 Å². The quantitative estimate of drug-likeness (QED) is 0.777. The van der Waals surface area contributed by atoms with Crippen LogP contribution in [0.5, 0.6) is 0 Å². The highest BCUT2D eigenvalue weighted by Gasteiger charge is 2.65. The molecule has 0 aromatic rings. The van der Waals surface area contributed by atoms with E-state index in [-0.39, 0.29) is 35.1 Å². The van der Waals surface area contributed by atoms with Crippen molar-refractivity contribution in [1.29, 1.82) is 0 Å². The third-order valence-corrected chi connectivity index (χ3v) is 4.74. The summed E-state index contributed by atoms with van der Waals surface area (Å²) in [6.45, 7) is 10.7. The van der Waals surface area contributed by atoms with Crippen molar-refractivity contribution < 1.29 is 4.79 Å². The van der Waals surface area contributed by atoms with Crippen molar-refractivity contribution in [2.75, 3.05) is 13.1 Å². The highest BCUT2D eigenvalue weighted by molar-refractivity contribution is 5.85. The second-order valence-electron chi connectivity index (χ2n) is 6.07. The lowest BCUT2D eigenvalue weighted by Gasteiger charge is -2.11. The number of carbonyl (C=O) groups excluding carboxylic acids is 1. The lowest BCUT2D eigenvalue weighted by molar-refractivity contribution is -0.124. The van der Waals surface area contributed by atoms with Crippen LogP contribution in [0.3, 0.4) is 0 Å². The van der Waals surface area contributed by atoms with Gasteiger partial charge < -0.3 is 10.6 Å². The van der Waals surface area contributed by atoms with Gasteiger partial charge in [-0.05, 0) is 23.8 Å². The second kappa shape index (κ2) is 4.19. The molecule has 16 heavy (non-hydrogen) atoms. The fraction of sp³-hybridized carbons (Fsp3) is 0.917. The molecule has 0 unspecified atom stereocenters. The third kappa shape index (κ3) is 1.95. The zero-order chi connectivity index (χ0) is 11.3. The van der Waals surface area contributed by atoms with Crippen LogP contribution in [0.1, 0.15) is 34.1 Å². The van der Waals surface area contributed by atoms with E-state index in [4.69, 9.17) is 0 Å². The average molecular weight is 247 g/mol. The van der Waals surface area contributed by atoms with Crippen LogP contribution in [0.25, 0.3) is 0 Å². The molecular weight excluding hydrogens is 224 g/mol. The van der Waals surface area contributed by atoms with Crippen LogP contribution in [0.4, 0.5) is 0 Å². The maximum absolute atomic E-state index is 11.9. The van der Waals surface area contributed by atoms with Crippen LogP contribution in [0, 0.1) is 16.7 Å². The predicted octanol–water partition coefficient (Wildman–Crippen LogP) is 1.57. The van der Waals surface area contributed by atoms with Crippen LogP contribution in [-0.2, 0) is 4.79 Å². The van der Waals surface area contributed by atoms with E-state index in [1.54, 1.807) is 0 Å². The highest BCUT2D eigenvalue weighted by atomic mass is 35.5. The number of amides is 1. The SMILES string of the molecule is CC1(C)C(NC(=O)[C@H]2CCNC2)C1(C)C.Cl. The summed E-state index contributed by atoms with van der Waals surface area (Å²) in [6.07, 6.45) is 0.986. The Kier molecular flexibility index (Phi) is 3.61. The standard InChI is InChI=1S/C12H22N2O.ClH/c1-11(2)10(12(11,3)4)14-9(15)8-5-6-13-7-8;/h8,10,13H,5-7H2,1-4H3,(H,14,15);1H/t8-;/m0./s1. The first-order chi connectivity index (χ1) is 6.87. The molecule has 2 fully saturated rings. The normalized spacial score (nSPS) is 30.6. The number of hydrogen-bond donors (Lipinski definition) is 2. The van der Waals surface area contributed by atoms with Crippen LogP contribution < -0.4 is 10.6 Å². The first kappa shape index (κ1) is 13.8. The first-order valence-corrected chi connectivity index (χ1v) is 5.88. The minimum atomic E-state index is 0. The number of carbonyl (C=O) groups is 1. The van der Waals surface area contributed by atoms with E-state index in [0.717, 1.165) is 19.5 Å². The molecule has 1 saturated heterocycles. The predicted molar refractivity (Wildman–Crippen MR) is 67.7 cm³/mol. The number of halogens is 1. The molecule has 1 heterocycles. The van der Waals surface area contributed by atoms with Crippen LogP contribution >= 0.6 is 12.4 Å². The summed E-state index contributed by atoms with van der Waals surface area (Å²) in [5.74, 6) is 0.431. The van der Waals surface area contributed by atoms with Gasteiger partial charge in [-0.15, -0.1) is 12.4 Å². The van der Waals surface area contributed by atoms with Crippen LogP contribution in [-0.4, -0.2) is 25.0 Å². The highest BCUT2D eigenvalue weighted by Crippen LogP contribution is 2.62. The molecule has 3 nitrogen and oxygen atoms in total. The smallest absolute Gasteiger partial charge is 0.224 e. The summed E-state index contributed by atoms with van der Waals surface area (Å²) in [4.78, 5) is 11.9. The van der Waals surface area contributed by atoms with E-state index >= 15 is 0 Å². The maximum Gasteiger partial charge on any atom is 0.224 e. The molecular formula is C12H23ClN2O. The molecule has 1 atom stereocenters. The van der Waals surface area contributed by atoms with Crippen LogP contribution in [0.15, 0.2) is 0 Å². The van der Waals surface area contributed by atoms with Gasteiger partial charge in [0, 0.05) is 12.6 Å². The molecule has 0 spiro atoms. The van der Waals surface area contributed by atoms with Gasteiger partial charge in [0.1, 0.15) is 0 Å². The van der Waals surface area contributed by atoms with E-state index in [2.05, 4.69) is 38.3 Å². The van der Waals surface area contributed by atoms with E-state index in [1.807, 2.05) is 0 Å². The average Bonchev–Trinajstić information content (AvgIpc) is 2.65. The van der Waals surface area contributed by atoms with Crippen molar-refractivity contribution >= 4 is 18.3 Å². The Bertz CT molecular complexity index is 269. The summed E-state index contributed by atoms with van der Waals surface area (Å²) >= 11 is 0. The lowest BCUT2D eigenvalue weighted by atomic mass is 10.0. The van der Waals surface area contributed by atoms with Gasteiger partial charge in [0.2, 0.25) is 5.91 Å². The molecule has 2 aliphatic rings. The number of rotatable bonds is 2. The zero-order valence-corrected chi connectivity index (χ0v) is 11.4. The van der Waals surface area contributed by atoms with Gasteiger partial charge >= 0.3 is 0 Å². The lowest BCUT2D eigenvalue weighted by Crippen LogP contribution is -2.36. The molecule has 0 aromatic heterocycles. The maximum atomic E-state index is 11.9. The minimum absolute atomic E-state index is 0. The van der Waals surface area contributed by atoms with E-state index in [9.17, 15) is 4.79 Å². The molecule has 1 aliphatic carbocycles. The topological polar surface area (TPSA) is 41.1 Å². The fourth-order valence-corrected chi connectivity index (χ4v) is 2.70.